The fourth-order valence-electron chi connectivity index (χ4n) is 2.90. The molecular weight excluding hydrogens is 320 g/mol. The first-order valence-corrected chi connectivity index (χ1v) is 10.1. The summed E-state index contributed by atoms with van der Waals surface area (Å²) in [4.78, 5) is 21.0. The highest BCUT2D eigenvalue weighted by molar-refractivity contribution is 5.71. The summed E-state index contributed by atoms with van der Waals surface area (Å²) in [6, 6.07) is 0. The quantitative estimate of drug-likeness (QED) is 0.270. The predicted octanol–water partition coefficient (Wildman–Crippen LogP) is 4.85. The molecule has 25 heavy (non-hydrogen) atoms. The van der Waals surface area contributed by atoms with E-state index in [0.717, 1.165) is 32.1 Å². The van der Waals surface area contributed by atoms with Gasteiger partial charge in [-0.05, 0) is 12.8 Å². The molecule has 0 aromatic heterocycles. The number of rotatable bonds is 18. The Balaban J connectivity index is 3.07. The Morgan fingerprint density at radius 1 is 0.720 bits per heavy atom. The van der Waals surface area contributed by atoms with Crippen LogP contribution in [-0.2, 0) is 14.3 Å². The number of carbonyl (C=O) groups excluding carboxylic acids is 1. The van der Waals surface area contributed by atoms with Crippen LogP contribution in [0.25, 0.3) is 0 Å². The molecule has 0 saturated carbocycles. The zero-order valence-corrected chi connectivity index (χ0v) is 16.0. The standard InChI is InChI=1S/C20H38O5/c1-18(21)25-17-15-13-11-9-7-5-3-2-4-6-8-10-12-14-16-19(22)20(23)24/h19,22H,2-17H2,1H3,(H,23,24). The number of ether oxygens (including phenoxy) is 1. The number of hydrogen-bond donors (Lipinski definition) is 2. The van der Waals surface area contributed by atoms with Gasteiger partial charge >= 0.3 is 11.9 Å². The molecule has 0 radical (unpaired) electrons. The van der Waals surface area contributed by atoms with E-state index in [4.69, 9.17) is 14.9 Å². The lowest BCUT2D eigenvalue weighted by molar-refractivity contribution is -0.147. The second-order valence-corrected chi connectivity index (χ2v) is 6.93. The minimum Gasteiger partial charge on any atom is -0.479 e. The van der Waals surface area contributed by atoms with Crippen LogP contribution in [0.15, 0.2) is 0 Å². The average Bonchev–Trinajstić information content (AvgIpc) is 2.57. The molecule has 5 nitrogen and oxygen atoms in total. The molecule has 0 spiro atoms. The molecule has 0 aromatic rings. The first kappa shape index (κ1) is 23.9. The Morgan fingerprint density at radius 2 is 1.08 bits per heavy atom. The Kier molecular flexibility index (Phi) is 16.9. The number of hydrogen-bond acceptors (Lipinski definition) is 4. The second kappa shape index (κ2) is 17.7. The van der Waals surface area contributed by atoms with E-state index in [1.807, 2.05) is 0 Å². The molecule has 0 aliphatic carbocycles. The normalized spacial score (nSPS) is 12.1. The first-order chi connectivity index (χ1) is 12.0. The van der Waals surface area contributed by atoms with E-state index in [9.17, 15) is 9.59 Å². The summed E-state index contributed by atoms with van der Waals surface area (Å²) < 4.78 is 4.90. The fraction of sp³-hybridized carbons (Fsp3) is 0.900. The maximum absolute atomic E-state index is 10.6. The van der Waals surface area contributed by atoms with Crippen LogP contribution in [-0.4, -0.2) is 34.9 Å². The number of carboxylic acid groups (broad SMARTS) is 1. The highest BCUT2D eigenvalue weighted by Crippen LogP contribution is 2.13. The summed E-state index contributed by atoms with van der Waals surface area (Å²) in [7, 11) is 0. The SMILES string of the molecule is CC(=O)OCCCCCCCCCCCCCCCCC(O)C(=O)O. The highest BCUT2D eigenvalue weighted by atomic mass is 16.5. The zero-order chi connectivity index (χ0) is 18.8. The second-order valence-electron chi connectivity index (χ2n) is 6.93. The Hall–Kier alpha value is -1.10. The number of aliphatic carboxylic acids is 1. The number of carbonyl (C=O) groups is 2. The fourth-order valence-corrected chi connectivity index (χ4v) is 2.90. The molecule has 0 aromatic carbocycles. The Labute approximate surface area is 153 Å². The van der Waals surface area contributed by atoms with Crippen LogP contribution < -0.4 is 0 Å². The summed E-state index contributed by atoms with van der Waals surface area (Å²) in [5, 5.41) is 17.7. The number of carboxylic acids is 1. The molecule has 148 valence electrons. The highest BCUT2D eigenvalue weighted by Gasteiger charge is 2.11. The molecule has 5 heteroatoms. The molecule has 0 saturated heterocycles. The first-order valence-electron chi connectivity index (χ1n) is 10.1. The Morgan fingerprint density at radius 3 is 1.44 bits per heavy atom. The molecule has 0 aliphatic rings. The molecule has 0 aliphatic heterocycles. The van der Waals surface area contributed by atoms with Crippen LogP contribution in [0, 0.1) is 0 Å². The van der Waals surface area contributed by atoms with E-state index in [1.54, 1.807) is 0 Å². The van der Waals surface area contributed by atoms with Crippen molar-refractivity contribution in [2.45, 2.75) is 109 Å². The molecule has 0 fully saturated rings. The molecule has 2 N–H and O–H groups in total. The van der Waals surface area contributed by atoms with Crippen LogP contribution in [0.3, 0.4) is 0 Å². The van der Waals surface area contributed by atoms with Crippen molar-refractivity contribution in [3.63, 3.8) is 0 Å². The number of aliphatic hydroxyl groups is 1. The van der Waals surface area contributed by atoms with Crippen molar-refractivity contribution in [1.29, 1.82) is 0 Å². The third-order valence-corrected chi connectivity index (χ3v) is 4.46. The van der Waals surface area contributed by atoms with Crippen LogP contribution in [0.1, 0.15) is 103 Å². The summed E-state index contributed by atoms with van der Waals surface area (Å²) >= 11 is 0. The van der Waals surface area contributed by atoms with Gasteiger partial charge in [-0.15, -0.1) is 0 Å². The third-order valence-electron chi connectivity index (χ3n) is 4.46. The maximum Gasteiger partial charge on any atom is 0.332 e. The van der Waals surface area contributed by atoms with E-state index in [-0.39, 0.29) is 5.97 Å². The van der Waals surface area contributed by atoms with Crippen molar-refractivity contribution in [3.05, 3.63) is 0 Å². The van der Waals surface area contributed by atoms with E-state index >= 15 is 0 Å². The van der Waals surface area contributed by atoms with Crippen molar-refractivity contribution >= 4 is 11.9 Å². The molecule has 0 rings (SSSR count). The topological polar surface area (TPSA) is 83.8 Å². The van der Waals surface area contributed by atoms with Gasteiger partial charge in [0.05, 0.1) is 6.61 Å². The van der Waals surface area contributed by atoms with Crippen molar-refractivity contribution in [3.8, 4) is 0 Å². The van der Waals surface area contributed by atoms with Gasteiger partial charge in [0, 0.05) is 6.92 Å². The number of aliphatic hydroxyl groups excluding tert-OH is 1. The van der Waals surface area contributed by atoms with Crippen molar-refractivity contribution < 1.29 is 24.5 Å². The Bertz CT molecular complexity index is 330. The molecule has 1 unspecified atom stereocenters. The summed E-state index contributed by atoms with van der Waals surface area (Å²) in [5.74, 6) is -1.29. The van der Waals surface area contributed by atoms with Crippen molar-refractivity contribution in [2.75, 3.05) is 6.61 Å². The van der Waals surface area contributed by atoms with Gasteiger partial charge in [-0.3, -0.25) is 4.79 Å². The van der Waals surface area contributed by atoms with Crippen LogP contribution >= 0.6 is 0 Å². The zero-order valence-electron chi connectivity index (χ0n) is 16.0. The van der Waals surface area contributed by atoms with E-state index < -0.39 is 12.1 Å². The van der Waals surface area contributed by atoms with Gasteiger partial charge in [0.1, 0.15) is 0 Å². The van der Waals surface area contributed by atoms with Gasteiger partial charge in [-0.1, -0.05) is 83.5 Å². The lowest BCUT2D eigenvalue weighted by Gasteiger charge is -2.05. The molecular formula is C20H38O5. The minimum absolute atomic E-state index is 0.183. The van der Waals surface area contributed by atoms with E-state index in [2.05, 4.69) is 0 Å². The van der Waals surface area contributed by atoms with Crippen LogP contribution in [0.2, 0.25) is 0 Å². The summed E-state index contributed by atoms with van der Waals surface area (Å²) in [6.07, 6.45) is 15.8. The van der Waals surface area contributed by atoms with E-state index in [1.165, 1.54) is 64.7 Å². The van der Waals surface area contributed by atoms with Crippen molar-refractivity contribution in [1.82, 2.24) is 0 Å². The van der Waals surface area contributed by atoms with Crippen LogP contribution in [0.5, 0.6) is 0 Å². The van der Waals surface area contributed by atoms with Gasteiger partial charge in [-0.25, -0.2) is 4.79 Å². The van der Waals surface area contributed by atoms with Gasteiger partial charge < -0.3 is 14.9 Å². The predicted molar refractivity (Wildman–Crippen MR) is 99.5 cm³/mol. The van der Waals surface area contributed by atoms with Gasteiger partial charge in [-0.2, -0.15) is 0 Å². The van der Waals surface area contributed by atoms with Gasteiger partial charge in [0.2, 0.25) is 0 Å². The summed E-state index contributed by atoms with van der Waals surface area (Å²) in [5.41, 5.74) is 0. The lowest BCUT2D eigenvalue weighted by atomic mass is 10.0. The smallest absolute Gasteiger partial charge is 0.332 e. The lowest BCUT2D eigenvalue weighted by Crippen LogP contribution is -2.18. The molecule has 0 amide bonds. The maximum atomic E-state index is 10.6. The minimum atomic E-state index is -1.19. The molecule has 0 heterocycles. The molecule has 1 atom stereocenters. The monoisotopic (exact) mass is 358 g/mol. The van der Waals surface area contributed by atoms with Crippen LogP contribution in [0.4, 0.5) is 0 Å². The third kappa shape index (κ3) is 19.1. The largest absolute Gasteiger partial charge is 0.479 e. The molecule has 0 bridgehead atoms. The summed E-state index contributed by atoms with van der Waals surface area (Å²) in [6.45, 7) is 2.02. The van der Waals surface area contributed by atoms with Crippen molar-refractivity contribution in [2.24, 2.45) is 0 Å². The van der Waals surface area contributed by atoms with Gasteiger partial charge in [0.15, 0.2) is 6.10 Å². The number of esters is 1. The van der Waals surface area contributed by atoms with Gasteiger partial charge in [0.25, 0.3) is 0 Å². The number of unbranched alkanes of at least 4 members (excludes halogenated alkanes) is 13. The van der Waals surface area contributed by atoms with E-state index in [0.29, 0.717) is 13.0 Å². The average molecular weight is 359 g/mol.